The molecule has 0 saturated carbocycles. The fourth-order valence-corrected chi connectivity index (χ4v) is 3.63. The van der Waals surface area contributed by atoms with E-state index in [1.165, 1.54) is 5.56 Å². The molecule has 8 heteroatoms. The van der Waals surface area contributed by atoms with Gasteiger partial charge in [-0.25, -0.2) is 15.0 Å². The van der Waals surface area contributed by atoms with Gasteiger partial charge in [-0.2, -0.15) is 5.10 Å². The second kappa shape index (κ2) is 8.24. The van der Waals surface area contributed by atoms with Crippen molar-refractivity contribution in [1.29, 1.82) is 0 Å². The van der Waals surface area contributed by atoms with Crippen molar-refractivity contribution in [3.8, 4) is 5.82 Å². The number of nitrogens with one attached hydrogen (secondary N) is 1. The fourth-order valence-electron chi connectivity index (χ4n) is 3.63. The molecule has 1 unspecified atom stereocenters. The number of likely N-dealkylation sites (tertiary alicyclic amines) is 1. The van der Waals surface area contributed by atoms with Crippen LogP contribution >= 0.6 is 0 Å². The minimum atomic E-state index is 0.498. The van der Waals surface area contributed by atoms with Crippen molar-refractivity contribution in [1.82, 2.24) is 34.5 Å². The van der Waals surface area contributed by atoms with E-state index in [2.05, 4.69) is 44.5 Å². The summed E-state index contributed by atoms with van der Waals surface area (Å²) < 4.78 is 3.80. The van der Waals surface area contributed by atoms with Gasteiger partial charge < -0.3 is 10.2 Å². The standard InChI is InChI=1S/C20H26N8/c1-3-22-20(27-9-6-17(14-27)18-12-25-26(2)13-18)24-11-16-5-4-7-23-19(16)28-10-8-21-15-28/h4-5,7-8,10,12-13,15,17H,3,6,9,11,14H2,1-2H3,(H,22,24). The first-order valence-corrected chi connectivity index (χ1v) is 9.68. The van der Waals surface area contributed by atoms with Crippen LogP contribution in [0.1, 0.15) is 30.4 Å². The lowest BCUT2D eigenvalue weighted by molar-refractivity contribution is 0.486. The first kappa shape index (κ1) is 18.2. The van der Waals surface area contributed by atoms with E-state index >= 15 is 0 Å². The summed E-state index contributed by atoms with van der Waals surface area (Å²) in [5.74, 6) is 2.32. The molecule has 1 fully saturated rings. The zero-order valence-corrected chi connectivity index (χ0v) is 16.4. The SMILES string of the molecule is CCNC(=NCc1cccnc1-n1ccnc1)N1CCC(c2cnn(C)c2)C1. The summed E-state index contributed by atoms with van der Waals surface area (Å²) in [7, 11) is 1.97. The molecule has 3 aromatic rings. The summed E-state index contributed by atoms with van der Waals surface area (Å²) in [6.45, 7) is 5.46. The van der Waals surface area contributed by atoms with E-state index in [0.717, 1.165) is 43.4 Å². The minimum absolute atomic E-state index is 0.498. The molecule has 1 aliphatic rings. The highest BCUT2D eigenvalue weighted by Crippen LogP contribution is 2.26. The van der Waals surface area contributed by atoms with E-state index in [9.17, 15) is 0 Å². The van der Waals surface area contributed by atoms with Gasteiger partial charge in [0.05, 0.1) is 12.7 Å². The van der Waals surface area contributed by atoms with Gasteiger partial charge in [-0.1, -0.05) is 6.07 Å². The van der Waals surface area contributed by atoms with Crippen molar-refractivity contribution in [2.75, 3.05) is 19.6 Å². The maximum Gasteiger partial charge on any atom is 0.194 e. The normalized spacial score (nSPS) is 17.3. The number of hydrogen-bond donors (Lipinski definition) is 1. The Balaban J connectivity index is 1.50. The first-order chi connectivity index (χ1) is 13.7. The molecule has 146 valence electrons. The number of aromatic nitrogens is 5. The quantitative estimate of drug-likeness (QED) is 0.543. The average Bonchev–Trinajstić information content (AvgIpc) is 3.46. The molecule has 0 amide bonds. The molecule has 0 aromatic carbocycles. The van der Waals surface area contributed by atoms with Gasteiger partial charge in [-0.3, -0.25) is 9.25 Å². The lowest BCUT2D eigenvalue weighted by Crippen LogP contribution is -2.40. The van der Waals surface area contributed by atoms with Gasteiger partial charge in [0.2, 0.25) is 0 Å². The predicted molar refractivity (Wildman–Crippen MR) is 108 cm³/mol. The van der Waals surface area contributed by atoms with Crippen molar-refractivity contribution in [3.63, 3.8) is 0 Å². The Kier molecular flexibility index (Phi) is 5.36. The Bertz CT molecular complexity index is 927. The van der Waals surface area contributed by atoms with Gasteiger partial charge in [0.15, 0.2) is 5.96 Å². The van der Waals surface area contributed by atoms with Crippen LogP contribution in [0.5, 0.6) is 0 Å². The number of aliphatic imine (C=N–C) groups is 1. The molecule has 3 aromatic heterocycles. The van der Waals surface area contributed by atoms with E-state index in [1.54, 1.807) is 18.7 Å². The molecule has 4 heterocycles. The number of aryl methyl sites for hydroxylation is 1. The third-order valence-corrected chi connectivity index (χ3v) is 5.03. The predicted octanol–water partition coefficient (Wildman–Crippen LogP) is 1.96. The van der Waals surface area contributed by atoms with Crippen LogP contribution < -0.4 is 5.32 Å². The Morgan fingerprint density at radius 1 is 1.36 bits per heavy atom. The Morgan fingerprint density at radius 2 is 2.29 bits per heavy atom. The second-order valence-electron chi connectivity index (χ2n) is 7.01. The molecule has 1 saturated heterocycles. The molecule has 8 nitrogen and oxygen atoms in total. The number of rotatable bonds is 5. The molecule has 0 radical (unpaired) electrons. The molecule has 28 heavy (non-hydrogen) atoms. The fraction of sp³-hybridized carbons (Fsp3) is 0.400. The molecule has 1 N–H and O–H groups in total. The van der Waals surface area contributed by atoms with Crippen LogP contribution in [0, 0.1) is 0 Å². The topological polar surface area (TPSA) is 76.2 Å². The smallest absolute Gasteiger partial charge is 0.194 e. The average molecular weight is 378 g/mol. The van der Waals surface area contributed by atoms with E-state index in [0.29, 0.717) is 12.5 Å². The van der Waals surface area contributed by atoms with Crippen molar-refractivity contribution >= 4 is 5.96 Å². The lowest BCUT2D eigenvalue weighted by Gasteiger charge is -2.21. The third kappa shape index (κ3) is 3.90. The van der Waals surface area contributed by atoms with Gasteiger partial charge in [-0.15, -0.1) is 0 Å². The van der Waals surface area contributed by atoms with Crippen LogP contribution in [0.2, 0.25) is 0 Å². The van der Waals surface area contributed by atoms with Gasteiger partial charge in [-0.05, 0) is 25.0 Å². The number of pyridine rings is 1. The highest BCUT2D eigenvalue weighted by Gasteiger charge is 2.26. The van der Waals surface area contributed by atoms with Gasteiger partial charge >= 0.3 is 0 Å². The number of guanidine groups is 1. The van der Waals surface area contributed by atoms with Crippen LogP contribution in [0.4, 0.5) is 0 Å². The van der Waals surface area contributed by atoms with Crippen molar-refractivity contribution in [2.24, 2.45) is 12.0 Å². The van der Waals surface area contributed by atoms with Crippen LogP contribution in [0.15, 0.2) is 54.4 Å². The highest BCUT2D eigenvalue weighted by atomic mass is 15.3. The summed E-state index contributed by atoms with van der Waals surface area (Å²) in [6, 6.07) is 4.02. The van der Waals surface area contributed by atoms with Crippen LogP contribution in [0.3, 0.4) is 0 Å². The van der Waals surface area contributed by atoms with E-state index in [4.69, 9.17) is 4.99 Å². The zero-order valence-electron chi connectivity index (χ0n) is 16.4. The van der Waals surface area contributed by atoms with E-state index in [-0.39, 0.29) is 0 Å². The molecule has 0 bridgehead atoms. The van der Waals surface area contributed by atoms with Gasteiger partial charge in [0, 0.05) is 63.0 Å². The summed E-state index contributed by atoms with van der Waals surface area (Å²) in [6.07, 6.45) is 12.4. The zero-order chi connectivity index (χ0) is 19.3. The first-order valence-electron chi connectivity index (χ1n) is 9.68. The molecule has 1 atom stereocenters. The van der Waals surface area contributed by atoms with Gasteiger partial charge in [0.1, 0.15) is 12.1 Å². The number of nitrogens with zero attached hydrogens (tertiary/aromatic N) is 7. The molecule has 0 aliphatic carbocycles. The molecule has 0 spiro atoms. The van der Waals surface area contributed by atoms with Crippen LogP contribution in [-0.2, 0) is 13.6 Å². The van der Waals surface area contributed by atoms with E-state index < -0.39 is 0 Å². The minimum Gasteiger partial charge on any atom is -0.357 e. The number of imidazole rings is 1. The monoisotopic (exact) mass is 378 g/mol. The molecule has 4 rings (SSSR count). The van der Waals surface area contributed by atoms with Crippen molar-refractivity contribution in [2.45, 2.75) is 25.8 Å². The van der Waals surface area contributed by atoms with Crippen molar-refractivity contribution < 1.29 is 0 Å². The van der Waals surface area contributed by atoms with Gasteiger partial charge in [0.25, 0.3) is 0 Å². The highest BCUT2D eigenvalue weighted by molar-refractivity contribution is 5.80. The maximum absolute atomic E-state index is 4.91. The summed E-state index contributed by atoms with van der Waals surface area (Å²) in [5.41, 5.74) is 2.37. The molecular formula is C20H26N8. The molecular weight excluding hydrogens is 352 g/mol. The van der Waals surface area contributed by atoms with Crippen molar-refractivity contribution in [3.05, 3.63) is 60.6 Å². The summed E-state index contributed by atoms with van der Waals surface area (Å²) >= 11 is 0. The summed E-state index contributed by atoms with van der Waals surface area (Å²) in [4.78, 5) is 15.9. The largest absolute Gasteiger partial charge is 0.357 e. The maximum atomic E-state index is 4.91. The Labute approximate surface area is 164 Å². The van der Waals surface area contributed by atoms with Crippen LogP contribution in [-0.4, -0.2) is 54.8 Å². The summed E-state index contributed by atoms with van der Waals surface area (Å²) in [5, 5.41) is 7.76. The lowest BCUT2D eigenvalue weighted by atomic mass is 10.0. The Hall–Kier alpha value is -3.16. The second-order valence-corrected chi connectivity index (χ2v) is 7.01. The molecule has 1 aliphatic heterocycles. The van der Waals surface area contributed by atoms with E-state index in [1.807, 2.05) is 34.8 Å². The third-order valence-electron chi connectivity index (χ3n) is 5.03. The number of hydrogen-bond acceptors (Lipinski definition) is 4. The van der Waals surface area contributed by atoms with Crippen LogP contribution in [0.25, 0.3) is 5.82 Å². The Morgan fingerprint density at radius 3 is 3.04 bits per heavy atom.